The maximum absolute atomic E-state index is 12.8. The Morgan fingerprint density at radius 1 is 0.682 bits per heavy atom. The lowest BCUT2D eigenvalue weighted by molar-refractivity contribution is 0.0591. The van der Waals surface area contributed by atoms with Crippen molar-refractivity contribution < 1.29 is 33.1 Å². The Balaban J connectivity index is 0.000000312. The van der Waals surface area contributed by atoms with Gasteiger partial charge in [-0.3, -0.25) is 9.59 Å². The van der Waals surface area contributed by atoms with Crippen molar-refractivity contribution >= 4 is 39.7 Å². The zero-order valence-corrected chi connectivity index (χ0v) is 27.9. The lowest BCUT2D eigenvalue weighted by atomic mass is 10.0. The molecule has 0 fully saturated rings. The molecule has 0 bridgehead atoms. The molecule has 3 rings (SSSR count). The highest BCUT2D eigenvalue weighted by Gasteiger charge is 2.20. The van der Waals surface area contributed by atoms with Gasteiger partial charge in [0.15, 0.2) is 0 Å². The van der Waals surface area contributed by atoms with Crippen LogP contribution in [0.4, 0.5) is 0 Å². The third kappa shape index (κ3) is 10.3. The largest absolute Gasteiger partial charge is 0.465 e. The van der Waals surface area contributed by atoms with E-state index in [2.05, 4.69) is 20.9 Å². The van der Waals surface area contributed by atoms with Gasteiger partial charge >= 0.3 is 11.9 Å². The maximum Gasteiger partial charge on any atom is 0.337 e. The number of carbonyl (C=O) groups is 4. The highest BCUT2D eigenvalue weighted by molar-refractivity contribution is 9.10. The Kier molecular flexibility index (Phi) is 15.3. The number of benzene rings is 2. The minimum absolute atomic E-state index is 0.0554. The molecule has 2 aromatic carbocycles. The van der Waals surface area contributed by atoms with Crippen LogP contribution >= 0.6 is 15.9 Å². The van der Waals surface area contributed by atoms with Crippen molar-refractivity contribution in [2.75, 3.05) is 40.4 Å². The standard InChI is InChI=1S/C18H22N2O4.C15H20BrNO3/c1-4-7-20(8-5-2)17(21)14-10-13(16-19-6-9-24-16)11-15(12-14)18(22)23-3;1-4-6-17(7-5-2)14(18)11-8-12(15(19)20-3)10-13(16)9-11/h6,9-12H,4-5,7-8H2,1-3H3;8-10H,4-7H2,1-3H3. The molecular weight excluding hydrogens is 630 g/mol. The Bertz CT molecular complexity index is 1380. The second-order valence-electron chi connectivity index (χ2n) is 9.93. The van der Waals surface area contributed by atoms with Crippen molar-refractivity contribution in [3.63, 3.8) is 0 Å². The van der Waals surface area contributed by atoms with Gasteiger partial charge in [-0.25, -0.2) is 14.6 Å². The Hall–Kier alpha value is -3.99. The van der Waals surface area contributed by atoms with Crippen LogP contribution < -0.4 is 0 Å². The Morgan fingerprint density at radius 2 is 1.09 bits per heavy atom. The number of carbonyl (C=O) groups excluding carboxylic acids is 4. The molecule has 0 N–H and O–H groups in total. The average molecular weight is 673 g/mol. The molecule has 10 nitrogen and oxygen atoms in total. The second kappa shape index (κ2) is 18.6. The molecule has 0 unspecified atom stereocenters. The quantitative estimate of drug-likeness (QED) is 0.180. The molecule has 0 aliphatic carbocycles. The number of esters is 2. The van der Waals surface area contributed by atoms with Crippen LogP contribution in [0.5, 0.6) is 0 Å². The molecule has 44 heavy (non-hydrogen) atoms. The highest BCUT2D eigenvalue weighted by atomic mass is 79.9. The number of ether oxygens (including phenoxy) is 2. The summed E-state index contributed by atoms with van der Waals surface area (Å²) >= 11 is 3.33. The number of hydrogen-bond acceptors (Lipinski definition) is 8. The van der Waals surface area contributed by atoms with Crippen molar-refractivity contribution in [3.8, 4) is 11.5 Å². The summed E-state index contributed by atoms with van der Waals surface area (Å²) in [5, 5.41) is 0. The first kappa shape index (κ1) is 36.2. The van der Waals surface area contributed by atoms with Gasteiger partial charge in [-0.2, -0.15) is 0 Å². The number of halogens is 1. The summed E-state index contributed by atoms with van der Waals surface area (Å²) in [5.41, 5.74) is 2.16. The molecule has 238 valence electrons. The van der Waals surface area contributed by atoms with Crippen molar-refractivity contribution in [2.45, 2.75) is 53.4 Å². The number of aromatic nitrogens is 1. The van der Waals surface area contributed by atoms with E-state index in [4.69, 9.17) is 13.9 Å². The van der Waals surface area contributed by atoms with Gasteiger partial charge in [-0.15, -0.1) is 0 Å². The van der Waals surface area contributed by atoms with E-state index in [-0.39, 0.29) is 11.8 Å². The van der Waals surface area contributed by atoms with Crippen molar-refractivity contribution in [1.82, 2.24) is 14.8 Å². The number of amides is 2. The molecule has 1 heterocycles. The van der Waals surface area contributed by atoms with E-state index in [1.165, 1.54) is 26.7 Å². The molecule has 0 spiro atoms. The smallest absolute Gasteiger partial charge is 0.337 e. The van der Waals surface area contributed by atoms with E-state index in [1.54, 1.807) is 41.3 Å². The van der Waals surface area contributed by atoms with E-state index in [1.807, 2.05) is 32.6 Å². The molecular formula is C33H42BrN3O7. The van der Waals surface area contributed by atoms with Crippen LogP contribution in [0.2, 0.25) is 0 Å². The predicted octanol–water partition coefficient (Wildman–Crippen LogP) is 6.89. The van der Waals surface area contributed by atoms with Gasteiger partial charge in [0, 0.05) is 47.3 Å². The van der Waals surface area contributed by atoms with E-state index >= 15 is 0 Å². The first-order valence-corrected chi connectivity index (χ1v) is 15.5. The monoisotopic (exact) mass is 671 g/mol. The van der Waals surface area contributed by atoms with Crippen LogP contribution in [0.3, 0.4) is 0 Å². The topological polar surface area (TPSA) is 119 Å². The molecule has 0 saturated carbocycles. The van der Waals surface area contributed by atoms with Gasteiger partial charge < -0.3 is 23.7 Å². The summed E-state index contributed by atoms with van der Waals surface area (Å²) in [7, 11) is 2.63. The predicted molar refractivity (Wildman–Crippen MR) is 172 cm³/mol. The lowest BCUT2D eigenvalue weighted by Gasteiger charge is -2.22. The van der Waals surface area contributed by atoms with E-state index in [0.717, 1.165) is 25.7 Å². The van der Waals surface area contributed by atoms with Gasteiger partial charge in [0.05, 0.1) is 31.5 Å². The summed E-state index contributed by atoms with van der Waals surface area (Å²) in [4.78, 5) is 56.5. The van der Waals surface area contributed by atoms with Crippen molar-refractivity contribution in [3.05, 3.63) is 75.6 Å². The van der Waals surface area contributed by atoms with Gasteiger partial charge in [0.25, 0.3) is 11.8 Å². The SMILES string of the molecule is CCCN(CCC)C(=O)c1cc(Br)cc(C(=O)OC)c1.CCCN(CCC)C(=O)c1cc(C(=O)OC)cc(-c2ncco2)c1. The molecule has 0 aliphatic heterocycles. The Morgan fingerprint density at radius 3 is 1.50 bits per heavy atom. The number of hydrogen-bond donors (Lipinski definition) is 0. The molecule has 0 radical (unpaired) electrons. The molecule has 11 heteroatoms. The summed E-state index contributed by atoms with van der Waals surface area (Å²) in [6.45, 7) is 10.9. The minimum Gasteiger partial charge on any atom is -0.465 e. The fourth-order valence-electron chi connectivity index (χ4n) is 4.50. The molecule has 3 aromatic rings. The van der Waals surface area contributed by atoms with Crippen LogP contribution in [0, 0.1) is 0 Å². The van der Waals surface area contributed by atoms with E-state index < -0.39 is 11.9 Å². The molecule has 0 atom stereocenters. The minimum atomic E-state index is -0.505. The molecule has 1 aromatic heterocycles. The fraction of sp³-hybridized carbons (Fsp3) is 0.424. The number of oxazole rings is 1. The number of rotatable bonds is 13. The molecule has 0 saturated heterocycles. The zero-order valence-electron chi connectivity index (χ0n) is 26.4. The van der Waals surface area contributed by atoms with Crippen molar-refractivity contribution in [1.29, 1.82) is 0 Å². The number of nitrogens with zero attached hydrogens (tertiary/aromatic N) is 3. The van der Waals surface area contributed by atoms with Crippen LogP contribution in [-0.2, 0) is 9.47 Å². The van der Waals surface area contributed by atoms with Gasteiger partial charge in [-0.1, -0.05) is 43.6 Å². The number of methoxy groups -OCH3 is 2. The third-order valence-corrected chi connectivity index (χ3v) is 6.85. The zero-order chi connectivity index (χ0) is 32.6. The lowest BCUT2D eigenvalue weighted by Crippen LogP contribution is -2.32. The maximum atomic E-state index is 12.8. The van der Waals surface area contributed by atoms with Gasteiger partial charge in [0.1, 0.15) is 6.26 Å². The second-order valence-corrected chi connectivity index (χ2v) is 10.8. The summed E-state index contributed by atoms with van der Waals surface area (Å²) in [6.07, 6.45) is 6.52. The summed E-state index contributed by atoms with van der Waals surface area (Å²) < 4.78 is 15.5. The normalized spacial score (nSPS) is 10.3. The summed E-state index contributed by atoms with van der Waals surface area (Å²) in [5.74, 6) is -0.766. The highest BCUT2D eigenvalue weighted by Crippen LogP contribution is 2.23. The fourth-order valence-corrected chi connectivity index (χ4v) is 4.99. The third-order valence-electron chi connectivity index (χ3n) is 6.39. The first-order chi connectivity index (χ1) is 21.1. The van der Waals surface area contributed by atoms with Crippen molar-refractivity contribution in [2.24, 2.45) is 0 Å². The van der Waals surface area contributed by atoms with Gasteiger partial charge in [0.2, 0.25) is 5.89 Å². The van der Waals surface area contributed by atoms with Crippen LogP contribution in [0.1, 0.15) is 94.8 Å². The van der Waals surface area contributed by atoms with Gasteiger partial charge in [-0.05, 0) is 62.1 Å². The Labute approximate surface area is 267 Å². The first-order valence-electron chi connectivity index (χ1n) is 14.7. The van der Waals surface area contributed by atoms with E-state index in [9.17, 15) is 19.2 Å². The molecule has 0 aliphatic rings. The average Bonchev–Trinajstić information content (AvgIpc) is 3.58. The molecule has 2 amide bonds. The van der Waals surface area contributed by atoms with E-state index in [0.29, 0.717) is 64.4 Å². The summed E-state index contributed by atoms with van der Waals surface area (Å²) in [6, 6.07) is 9.81. The van der Waals surface area contributed by atoms with Crippen LogP contribution in [0.25, 0.3) is 11.5 Å². The van der Waals surface area contributed by atoms with Crippen LogP contribution in [0.15, 0.2) is 57.7 Å². The van der Waals surface area contributed by atoms with Crippen LogP contribution in [-0.4, -0.2) is 78.9 Å².